The smallest absolute Gasteiger partial charge is 0.302 e. The van der Waals surface area contributed by atoms with Crippen LogP contribution >= 0.6 is 22.9 Å². The van der Waals surface area contributed by atoms with Crippen LogP contribution < -0.4 is 10.3 Å². The monoisotopic (exact) mass is 398 g/mol. The maximum absolute atomic E-state index is 12.8. The molecule has 0 aliphatic heterocycles. The van der Waals surface area contributed by atoms with Crippen molar-refractivity contribution >= 4 is 27.9 Å². The van der Waals surface area contributed by atoms with E-state index in [4.69, 9.17) is 16.3 Å². The predicted octanol–water partition coefficient (Wildman–Crippen LogP) is 4.18. The van der Waals surface area contributed by atoms with Gasteiger partial charge in [0.25, 0.3) is 0 Å². The Bertz CT molecular complexity index is 1150. The van der Waals surface area contributed by atoms with Crippen molar-refractivity contribution in [2.45, 2.75) is 19.4 Å². The molecule has 27 heavy (non-hydrogen) atoms. The van der Waals surface area contributed by atoms with Gasteiger partial charge in [0, 0.05) is 10.6 Å². The number of hydrogen-bond donors (Lipinski definition) is 0. The van der Waals surface area contributed by atoms with Crippen LogP contribution in [0.1, 0.15) is 18.9 Å². The Morgan fingerprint density at radius 1 is 1.04 bits per heavy atom. The average molecular weight is 399 g/mol. The summed E-state index contributed by atoms with van der Waals surface area (Å²) in [5.74, 6) is 0.659. The van der Waals surface area contributed by atoms with Gasteiger partial charge < -0.3 is 4.74 Å². The number of aromatic nitrogens is 4. The lowest BCUT2D eigenvalue weighted by Crippen LogP contribution is -2.26. The number of hydrogen-bond acceptors (Lipinski definition) is 6. The third-order valence-electron chi connectivity index (χ3n) is 3.94. The Morgan fingerprint density at radius 2 is 1.74 bits per heavy atom. The van der Waals surface area contributed by atoms with Gasteiger partial charge >= 0.3 is 5.56 Å². The fourth-order valence-electron chi connectivity index (χ4n) is 2.58. The topological polar surface area (TPSA) is 69.4 Å². The first kappa shape index (κ1) is 17.6. The van der Waals surface area contributed by atoms with E-state index in [9.17, 15) is 4.79 Å². The van der Waals surface area contributed by atoms with Crippen molar-refractivity contribution in [3.8, 4) is 17.0 Å². The molecule has 0 bridgehead atoms. The number of nitrogens with zero attached hydrogens (tertiary/aromatic N) is 4. The minimum atomic E-state index is -0.758. The first-order valence-electron chi connectivity index (χ1n) is 8.21. The highest BCUT2D eigenvalue weighted by Gasteiger charge is 2.29. The summed E-state index contributed by atoms with van der Waals surface area (Å²) in [6.45, 7) is 3.77. The summed E-state index contributed by atoms with van der Waals surface area (Å²) in [4.78, 5) is 13.2. The Hall–Kier alpha value is -2.77. The highest BCUT2D eigenvalue weighted by atomic mass is 35.5. The van der Waals surface area contributed by atoms with E-state index in [-0.39, 0.29) is 11.3 Å². The van der Waals surface area contributed by atoms with Gasteiger partial charge in [-0.2, -0.15) is 9.61 Å². The lowest BCUT2D eigenvalue weighted by Gasteiger charge is -2.23. The largest absolute Gasteiger partial charge is 0.481 e. The van der Waals surface area contributed by atoms with E-state index in [0.29, 0.717) is 26.3 Å². The molecule has 4 aromatic rings. The van der Waals surface area contributed by atoms with E-state index in [1.54, 1.807) is 24.3 Å². The zero-order valence-electron chi connectivity index (χ0n) is 14.6. The fraction of sp³-hybridized carbons (Fsp3) is 0.158. The molecule has 2 aromatic heterocycles. The van der Waals surface area contributed by atoms with Gasteiger partial charge in [-0.25, -0.2) is 0 Å². The predicted molar refractivity (Wildman–Crippen MR) is 105 cm³/mol. The molecule has 0 amide bonds. The highest BCUT2D eigenvalue weighted by Crippen LogP contribution is 2.30. The summed E-state index contributed by atoms with van der Waals surface area (Å²) in [7, 11) is 0. The molecule has 136 valence electrons. The number of fused-ring (bicyclic) bond motifs is 1. The van der Waals surface area contributed by atoms with Gasteiger partial charge in [-0.15, -0.1) is 10.2 Å². The molecule has 8 heteroatoms. The SMILES string of the molecule is CC(C)(Oc1ccc(Cl)cc1)c1nn2c(=O)c(-c3ccccc3)nnc2s1. The van der Waals surface area contributed by atoms with Gasteiger partial charge in [-0.3, -0.25) is 4.79 Å². The Kier molecular flexibility index (Phi) is 4.41. The summed E-state index contributed by atoms with van der Waals surface area (Å²) in [6.07, 6.45) is 0. The van der Waals surface area contributed by atoms with Crippen LogP contribution in [0.15, 0.2) is 59.4 Å². The summed E-state index contributed by atoms with van der Waals surface area (Å²) in [5.41, 5.74) is -0.0982. The van der Waals surface area contributed by atoms with Crippen molar-refractivity contribution in [3.63, 3.8) is 0 Å². The van der Waals surface area contributed by atoms with Crippen LogP contribution in [0.5, 0.6) is 5.75 Å². The van der Waals surface area contributed by atoms with Crippen molar-refractivity contribution in [1.29, 1.82) is 0 Å². The van der Waals surface area contributed by atoms with Crippen LogP contribution in [-0.4, -0.2) is 19.8 Å². The zero-order chi connectivity index (χ0) is 19.0. The maximum atomic E-state index is 12.8. The number of halogens is 1. The van der Waals surface area contributed by atoms with Crippen LogP contribution in [0.25, 0.3) is 16.2 Å². The molecule has 0 fully saturated rings. The molecule has 0 N–H and O–H groups in total. The first-order chi connectivity index (χ1) is 12.9. The molecule has 4 rings (SSSR count). The van der Waals surface area contributed by atoms with Crippen molar-refractivity contribution in [1.82, 2.24) is 19.8 Å². The van der Waals surface area contributed by atoms with Crippen molar-refractivity contribution < 1.29 is 4.74 Å². The van der Waals surface area contributed by atoms with Gasteiger partial charge in [0.05, 0.1) is 0 Å². The minimum absolute atomic E-state index is 0.265. The second kappa shape index (κ2) is 6.75. The molecule has 0 radical (unpaired) electrons. The second-order valence-corrected chi connectivity index (χ2v) is 7.78. The van der Waals surface area contributed by atoms with Gasteiger partial charge in [-0.05, 0) is 38.1 Å². The third kappa shape index (κ3) is 3.43. The molecule has 0 atom stereocenters. The van der Waals surface area contributed by atoms with E-state index < -0.39 is 5.60 Å². The summed E-state index contributed by atoms with van der Waals surface area (Å²) >= 11 is 7.19. The normalized spacial score (nSPS) is 11.7. The number of rotatable bonds is 4. The molecule has 0 spiro atoms. The second-order valence-electron chi connectivity index (χ2n) is 6.39. The summed E-state index contributed by atoms with van der Waals surface area (Å²) in [5, 5.41) is 14.0. The molecule has 2 aromatic carbocycles. The van der Waals surface area contributed by atoms with E-state index in [2.05, 4.69) is 15.3 Å². The van der Waals surface area contributed by atoms with Crippen LogP contribution in [0.3, 0.4) is 0 Å². The third-order valence-corrected chi connectivity index (χ3v) is 5.40. The van der Waals surface area contributed by atoms with Crippen LogP contribution in [0.2, 0.25) is 5.02 Å². The molecule has 6 nitrogen and oxygen atoms in total. The zero-order valence-corrected chi connectivity index (χ0v) is 16.2. The molecule has 0 aliphatic rings. The van der Waals surface area contributed by atoms with Crippen LogP contribution in [-0.2, 0) is 5.60 Å². The summed E-state index contributed by atoms with van der Waals surface area (Å²) < 4.78 is 7.33. The lowest BCUT2D eigenvalue weighted by atomic mass is 10.1. The molecule has 2 heterocycles. The maximum Gasteiger partial charge on any atom is 0.302 e. The number of benzene rings is 2. The fourth-order valence-corrected chi connectivity index (χ4v) is 3.58. The van der Waals surface area contributed by atoms with Gasteiger partial charge in [-0.1, -0.05) is 53.3 Å². The summed E-state index contributed by atoms with van der Waals surface area (Å²) in [6, 6.07) is 16.3. The Balaban J connectivity index is 1.73. The molecule has 0 unspecified atom stereocenters. The van der Waals surface area contributed by atoms with Gasteiger partial charge in [0.2, 0.25) is 4.96 Å². The van der Waals surface area contributed by atoms with Crippen LogP contribution in [0, 0.1) is 0 Å². The molecular weight excluding hydrogens is 384 g/mol. The average Bonchev–Trinajstić information content (AvgIpc) is 3.11. The Labute approximate surface area is 164 Å². The highest BCUT2D eigenvalue weighted by molar-refractivity contribution is 7.16. The van der Waals surface area contributed by atoms with Crippen LogP contribution in [0.4, 0.5) is 0 Å². The van der Waals surface area contributed by atoms with Gasteiger partial charge in [0.15, 0.2) is 16.3 Å². The lowest BCUT2D eigenvalue weighted by molar-refractivity contribution is 0.107. The minimum Gasteiger partial charge on any atom is -0.481 e. The Morgan fingerprint density at radius 3 is 2.44 bits per heavy atom. The van der Waals surface area contributed by atoms with Crippen molar-refractivity contribution in [3.05, 3.63) is 75.0 Å². The number of ether oxygens (including phenoxy) is 1. The quantitative estimate of drug-likeness (QED) is 0.515. The van der Waals surface area contributed by atoms with E-state index in [0.717, 1.165) is 0 Å². The van der Waals surface area contributed by atoms with E-state index in [1.165, 1.54) is 15.9 Å². The first-order valence-corrected chi connectivity index (χ1v) is 9.40. The van der Waals surface area contributed by atoms with E-state index in [1.807, 2.05) is 44.2 Å². The van der Waals surface area contributed by atoms with Crippen molar-refractivity contribution in [2.24, 2.45) is 0 Å². The molecule has 0 saturated heterocycles. The van der Waals surface area contributed by atoms with Crippen molar-refractivity contribution in [2.75, 3.05) is 0 Å². The van der Waals surface area contributed by atoms with Gasteiger partial charge in [0.1, 0.15) is 5.75 Å². The standard InChI is InChI=1S/C19H15ClN4O2S/c1-19(2,26-14-10-8-13(20)9-11-14)17-23-24-16(25)15(21-22-18(24)27-17)12-6-4-3-5-7-12/h3-11H,1-2H3. The van der Waals surface area contributed by atoms with E-state index >= 15 is 0 Å². The molecule has 0 aliphatic carbocycles. The molecule has 0 saturated carbocycles. The molecular formula is C19H15ClN4O2S.